The molecule has 2 heterocycles. The van der Waals surface area contributed by atoms with Crippen molar-refractivity contribution < 1.29 is 14.3 Å². The summed E-state index contributed by atoms with van der Waals surface area (Å²) >= 11 is 0. The summed E-state index contributed by atoms with van der Waals surface area (Å²) in [6.45, 7) is 0. The highest BCUT2D eigenvalue weighted by Crippen LogP contribution is 2.35. The van der Waals surface area contributed by atoms with E-state index in [-0.39, 0.29) is 17.7 Å². The molecule has 1 aliphatic rings. The van der Waals surface area contributed by atoms with Crippen LogP contribution in [0.4, 0.5) is 11.5 Å². The van der Waals surface area contributed by atoms with Gasteiger partial charge in [-0.3, -0.25) is 9.59 Å². The molecule has 4 rings (SSSR count). The minimum absolute atomic E-state index is 0.135. The van der Waals surface area contributed by atoms with E-state index in [4.69, 9.17) is 4.74 Å². The summed E-state index contributed by atoms with van der Waals surface area (Å²) in [6.07, 6.45) is 1.90. The van der Waals surface area contributed by atoms with Crippen LogP contribution in [0.3, 0.4) is 0 Å². The van der Waals surface area contributed by atoms with Gasteiger partial charge in [0.15, 0.2) is 5.82 Å². The lowest BCUT2D eigenvalue weighted by molar-refractivity contribution is -0.117. The molecule has 0 radical (unpaired) electrons. The summed E-state index contributed by atoms with van der Waals surface area (Å²) in [4.78, 5) is 34.7. The smallest absolute Gasteiger partial charge is 0.253 e. The largest absolute Gasteiger partial charge is 0.437 e. The maximum Gasteiger partial charge on any atom is 0.253 e. The number of benzene rings is 2. The van der Waals surface area contributed by atoms with Crippen LogP contribution < -0.4 is 15.4 Å². The van der Waals surface area contributed by atoms with Crippen molar-refractivity contribution in [2.75, 3.05) is 24.7 Å². The van der Waals surface area contributed by atoms with Crippen molar-refractivity contribution >= 4 is 23.3 Å². The molecule has 1 unspecified atom stereocenters. The summed E-state index contributed by atoms with van der Waals surface area (Å²) < 4.78 is 5.87. The third-order valence-electron chi connectivity index (χ3n) is 4.67. The maximum atomic E-state index is 12.6. The average Bonchev–Trinajstić information content (AvgIpc) is 2.75. The van der Waals surface area contributed by atoms with E-state index in [1.54, 1.807) is 38.4 Å². The number of fused-ring (bicyclic) bond motifs is 1. The normalized spacial score (nSPS) is 14.9. The molecule has 0 bridgehead atoms. The Balaban J connectivity index is 1.56. The van der Waals surface area contributed by atoms with Gasteiger partial charge in [0, 0.05) is 26.1 Å². The van der Waals surface area contributed by atoms with Gasteiger partial charge in [0.05, 0.1) is 0 Å². The van der Waals surface area contributed by atoms with Crippen molar-refractivity contribution in [3.05, 3.63) is 72.1 Å². The Labute approximate surface area is 173 Å². The summed E-state index contributed by atoms with van der Waals surface area (Å²) in [7, 11) is 3.37. The van der Waals surface area contributed by atoms with Crippen molar-refractivity contribution in [1.29, 1.82) is 0 Å². The Morgan fingerprint density at radius 3 is 2.67 bits per heavy atom. The number of rotatable bonds is 5. The third-order valence-corrected chi connectivity index (χ3v) is 4.67. The van der Waals surface area contributed by atoms with E-state index >= 15 is 0 Å². The molecule has 30 heavy (non-hydrogen) atoms. The van der Waals surface area contributed by atoms with Crippen LogP contribution >= 0.6 is 0 Å². The second-order valence-electron chi connectivity index (χ2n) is 7.11. The molecular formula is C22H21N5O3. The molecule has 3 aromatic rings. The van der Waals surface area contributed by atoms with Crippen LogP contribution in [0, 0.1) is 0 Å². The van der Waals surface area contributed by atoms with Crippen LogP contribution in [0.1, 0.15) is 15.9 Å². The first-order valence-electron chi connectivity index (χ1n) is 9.47. The first-order valence-corrected chi connectivity index (χ1v) is 9.47. The van der Waals surface area contributed by atoms with Gasteiger partial charge in [-0.25, -0.2) is 4.98 Å². The van der Waals surface area contributed by atoms with Crippen LogP contribution in [0.2, 0.25) is 0 Å². The predicted molar refractivity (Wildman–Crippen MR) is 113 cm³/mol. The zero-order valence-corrected chi connectivity index (χ0v) is 16.6. The van der Waals surface area contributed by atoms with Crippen molar-refractivity contribution in [3.8, 4) is 11.6 Å². The van der Waals surface area contributed by atoms with Crippen LogP contribution in [-0.2, 0) is 11.2 Å². The lowest BCUT2D eigenvalue weighted by Crippen LogP contribution is -2.41. The SMILES string of the molecule is CN(C)C(=O)c1cccc(Oc2ncnc3c2NC(=O)C(Cc2ccccc2)N3)c1. The number of hydrogen-bond donors (Lipinski definition) is 2. The second-order valence-corrected chi connectivity index (χ2v) is 7.11. The Hall–Kier alpha value is -3.94. The van der Waals surface area contributed by atoms with Gasteiger partial charge in [-0.15, -0.1) is 0 Å². The molecule has 0 spiro atoms. The van der Waals surface area contributed by atoms with Crippen molar-refractivity contribution in [2.24, 2.45) is 0 Å². The molecule has 0 aliphatic carbocycles. The number of amides is 2. The molecule has 8 nitrogen and oxygen atoms in total. The van der Waals surface area contributed by atoms with E-state index in [0.717, 1.165) is 5.56 Å². The molecule has 0 fully saturated rings. The fourth-order valence-corrected chi connectivity index (χ4v) is 3.17. The second kappa shape index (κ2) is 8.20. The fourth-order valence-electron chi connectivity index (χ4n) is 3.17. The van der Waals surface area contributed by atoms with Gasteiger partial charge in [0.1, 0.15) is 23.8 Å². The monoisotopic (exact) mass is 403 g/mol. The van der Waals surface area contributed by atoms with Gasteiger partial charge >= 0.3 is 0 Å². The highest BCUT2D eigenvalue weighted by Gasteiger charge is 2.29. The lowest BCUT2D eigenvalue weighted by Gasteiger charge is -2.26. The molecule has 1 aliphatic heterocycles. The van der Waals surface area contributed by atoms with Gasteiger partial charge in [-0.1, -0.05) is 36.4 Å². The highest BCUT2D eigenvalue weighted by molar-refractivity contribution is 6.03. The van der Waals surface area contributed by atoms with Gasteiger partial charge < -0.3 is 20.3 Å². The van der Waals surface area contributed by atoms with Crippen molar-refractivity contribution in [2.45, 2.75) is 12.5 Å². The number of carbonyl (C=O) groups is 2. The highest BCUT2D eigenvalue weighted by atomic mass is 16.5. The van der Waals surface area contributed by atoms with Gasteiger partial charge in [0.2, 0.25) is 11.8 Å². The zero-order chi connectivity index (χ0) is 21.1. The van der Waals surface area contributed by atoms with Crippen LogP contribution in [0.5, 0.6) is 11.6 Å². The summed E-state index contributed by atoms with van der Waals surface area (Å²) in [5, 5.41) is 6.01. The first-order chi connectivity index (χ1) is 14.5. The zero-order valence-electron chi connectivity index (χ0n) is 16.6. The minimum Gasteiger partial charge on any atom is -0.437 e. The number of anilines is 2. The van der Waals surface area contributed by atoms with Crippen LogP contribution in [0.25, 0.3) is 0 Å². The molecule has 0 saturated heterocycles. The first kappa shape index (κ1) is 19.4. The average molecular weight is 403 g/mol. The Morgan fingerprint density at radius 1 is 1.10 bits per heavy atom. The maximum absolute atomic E-state index is 12.6. The quantitative estimate of drug-likeness (QED) is 0.680. The van der Waals surface area contributed by atoms with Crippen LogP contribution in [-0.4, -0.2) is 46.8 Å². The minimum atomic E-state index is -0.455. The molecular weight excluding hydrogens is 382 g/mol. The number of nitrogens with one attached hydrogen (secondary N) is 2. The number of hydrogen-bond acceptors (Lipinski definition) is 6. The van der Waals surface area contributed by atoms with Gasteiger partial charge in [-0.05, 0) is 23.8 Å². The van der Waals surface area contributed by atoms with E-state index in [1.165, 1.54) is 11.2 Å². The summed E-state index contributed by atoms with van der Waals surface area (Å²) in [5.41, 5.74) is 1.91. The molecule has 2 aromatic carbocycles. The van der Waals surface area contributed by atoms with Crippen LogP contribution in [0.15, 0.2) is 60.9 Å². The van der Waals surface area contributed by atoms with E-state index in [0.29, 0.717) is 29.2 Å². The number of ether oxygens (including phenoxy) is 1. The van der Waals surface area contributed by atoms with E-state index in [2.05, 4.69) is 20.6 Å². The molecule has 8 heteroatoms. The van der Waals surface area contributed by atoms with E-state index in [1.807, 2.05) is 30.3 Å². The molecule has 1 aromatic heterocycles. The number of nitrogens with zero attached hydrogens (tertiary/aromatic N) is 3. The van der Waals surface area contributed by atoms with Gasteiger partial charge in [-0.2, -0.15) is 4.98 Å². The van der Waals surface area contributed by atoms with Crippen molar-refractivity contribution in [1.82, 2.24) is 14.9 Å². The van der Waals surface area contributed by atoms with E-state index in [9.17, 15) is 9.59 Å². The Morgan fingerprint density at radius 2 is 1.90 bits per heavy atom. The topological polar surface area (TPSA) is 96.5 Å². The lowest BCUT2D eigenvalue weighted by atomic mass is 10.0. The Kier molecular flexibility index (Phi) is 5.30. The third kappa shape index (κ3) is 4.07. The van der Waals surface area contributed by atoms with E-state index < -0.39 is 6.04 Å². The molecule has 2 amide bonds. The molecule has 0 saturated carbocycles. The molecule has 1 atom stereocenters. The summed E-state index contributed by atoms with van der Waals surface area (Å²) in [6, 6.07) is 16.1. The predicted octanol–water partition coefficient (Wildman–Crippen LogP) is 2.95. The number of aromatic nitrogens is 2. The number of carbonyl (C=O) groups excluding carboxylic acids is 2. The van der Waals surface area contributed by atoms with Gasteiger partial charge in [0.25, 0.3) is 5.91 Å². The molecule has 2 N–H and O–H groups in total. The summed E-state index contributed by atoms with van der Waals surface area (Å²) in [5.74, 6) is 0.796. The fraction of sp³-hybridized carbons (Fsp3) is 0.182. The Bertz CT molecular complexity index is 1090. The molecule has 152 valence electrons. The van der Waals surface area contributed by atoms with Crippen molar-refractivity contribution in [3.63, 3.8) is 0 Å². The standard InChI is InChI=1S/C22H21N5O3/c1-27(2)22(29)15-9-6-10-16(12-15)30-21-18-19(23-13-24-21)25-17(20(28)26-18)11-14-7-4-3-5-8-14/h3-10,12-13,17H,11H2,1-2H3,(H,26,28)(H,23,24,25).